The predicted octanol–water partition coefficient (Wildman–Crippen LogP) is -0.558. The van der Waals surface area contributed by atoms with Crippen LogP contribution in [-0.2, 0) is 16.1 Å². The van der Waals surface area contributed by atoms with E-state index in [2.05, 4.69) is 0 Å². The number of likely N-dealkylation sites (N-methyl/N-ethyl adjacent to an activating group) is 1. The van der Waals surface area contributed by atoms with Crippen molar-refractivity contribution in [3.8, 4) is 11.5 Å². The van der Waals surface area contributed by atoms with Gasteiger partial charge in [-0.25, -0.2) is 0 Å². The van der Waals surface area contributed by atoms with Gasteiger partial charge in [0.25, 0.3) is 5.91 Å². The first-order chi connectivity index (χ1) is 11.9. The lowest BCUT2D eigenvalue weighted by molar-refractivity contribution is -0.899. The third-order valence-corrected chi connectivity index (χ3v) is 4.72. The number of benzene rings is 1. The lowest BCUT2D eigenvalue weighted by atomic mass is 9.97. The van der Waals surface area contributed by atoms with Gasteiger partial charge >= 0.3 is 0 Å². The van der Waals surface area contributed by atoms with Crippen molar-refractivity contribution in [1.82, 2.24) is 4.90 Å². The molecule has 2 amide bonds. The molecule has 0 spiro atoms. The number of hydrogen-bond acceptors (Lipinski definition) is 4. The summed E-state index contributed by atoms with van der Waals surface area (Å²) in [4.78, 5) is 26.7. The van der Waals surface area contributed by atoms with Gasteiger partial charge in [-0.2, -0.15) is 0 Å². The Morgan fingerprint density at radius 3 is 2.64 bits per heavy atom. The zero-order valence-corrected chi connectivity index (χ0v) is 15.2. The Kier molecular flexibility index (Phi) is 6.64. The summed E-state index contributed by atoms with van der Waals surface area (Å²) in [6, 6.07) is 5.63. The summed E-state index contributed by atoms with van der Waals surface area (Å²) >= 11 is 0. The normalized spacial score (nSPS) is 20.0. The van der Waals surface area contributed by atoms with Gasteiger partial charge in [0, 0.05) is 13.6 Å². The average molecular weight is 350 g/mol. The number of amides is 2. The van der Waals surface area contributed by atoms with Crippen molar-refractivity contribution in [2.75, 3.05) is 40.9 Å². The fraction of sp³-hybridized carbons (Fsp3) is 0.556. The van der Waals surface area contributed by atoms with Crippen LogP contribution in [0.5, 0.6) is 11.5 Å². The van der Waals surface area contributed by atoms with E-state index in [1.807, 2.05) is 18.2 Å². The van der Waals surface area contributed by atoms with E-state index in [0.29, 0.717) is 31.1 Å². The van der Waals surface area contributed by atoms with Crippen molar-refractivity contribution in [2.45, 2.75) is 19.4 Å². The Morgan fingerprint density at radius 2 is 2.00 bits per heavy atom. The zero-order valence-electron chi connectivity index (χ0n) is 15.2. The highest BCUT2D eigenvalue weighted by molar-refractivity contribution is 5.77. The summed E-state index contributed by atoms with van der Waals surface area (Å²) in [6.07, 6.45) is 1.75. The summed E-state index contributed by atoms with van der Waals surface area (Å²) < 4.78 is 10.5. The van der Waals surface area contributed by atoms with Gasteiger partial charge in [-0.3, -0.25) is 9.59 Å². The van der Waals surface area contributed by atoms with Gasteiger partial charge in [0.05, 0.1) is 33.2 Å². The molecule has 7 nitrogen and oxygen atoms in total. The Bertz CT molecular complexity index is 620. The highest BCUT2D eigenvalue weighted by Crippen LogP contribution is 2.27. The number of ether oxygens (including phenoxy) is 2. The Morgan fingerprint density at radius 1 is 1.28 bits per heavy atom. The second-order valence-electron chi connectivity index (χ2n) is 6.56. The van der Waals surface area contributed by atoms with E-state index in [-0.39, 0.29) is 17.7 Å². The highest BCUT2D eigenvalue weighted by atomic mass is 16.5. The van der Waals surface area contributed by atoms with Gasteiger partial charge in [0.1, 0.15) is 0 Å². The fourth-order valence-electron chi connectivity index (χ4n) is 3.24. The minimum absolute atomic E-state index is 0.0508. The SMILES string of the molecule is COc1ccc(CN(C)C(=O)C[NH+]2CCC[C@H](C(N)=O)C2)cc1OC. The van der Waals surface area contributed by atoms with E-state index in [1.54, 1.807) is 26.2 Å². The molecule has 1 heterocycles. The third kappa shape index (κ3) is 5.09. The van der Waals surface area contributed by atoms with Crippen molar-refractivity contribution in [3.63, 3.8) is 0 Å². The van der Waals surface area contributed by atoms with Crippen molar-refractivity contribution < 1.29 is 24.0 Å². The maximum absolute atomic E-state index is 12.5. The van der Waals surface area contributed by atoms with Crippen LogP contribution in [-0.4, -0.2) is 57.6 Å². The minimum atomic E-state index is -0.261. The quantitative estimate of drug-likeness (QED) is 0.690. The molecule has 2 atom stereocenters. The topological polar surface area (TPSA) is 86.3 Å². The highest BCUT2D eigenvalue weighted by Gasteiger charge is 2.29. The second-order valence-corrected chi connectivity index (χ2v) is 6.56. The van der Waals surface area contributed by atoms with Gasteiger partial charge < -0.3 is 25.0 Å². The predicted molar refractivity (Wildman–Crippen MR) is 93.5 cm³/mol. The summed E-state index contributed by atoms with van der Waals surface area (Å²) in [7, 11) is 4.97. The molecule has 3 N–H and O–H groups in total. The van der Waals surface area contributed by atoms with Gasteiger partial charge in [0.15, 0.2) is 18.0 Å². The van der Waals surface area contributed by atoms with Gasteiger partial charge in [-0.1, -0.05) is 6.07 Å². The molecular formula is C18H28N3O4+. The van der Waals surface area contributed by atoms with Gasteiger partial charge in [0.2, 0.25) is 5.91 Å². The molecule has 1 aromatic rings. The van der Waals surface area contributed by atoms with Crippen LogP contribution < -0.4 is 20.1 Å². The molecule has 0 saturated carbocycles. The number of piperidine rings is 1. The van der Waals surface area contributed by atoms with Crippen molar-refractivity contribution in [3.05, 3.63) is 23.8 Å². The molecule has 1 unspecified atom stereocenters. The number of methoxy groups -OCH3 is 2. The number of nitrogens with one attached hydrogen (secondary N) is 1. The molecule has 1 aliphatic rings. The van der Waals surface area contributed by atoms with E-state index < -0.39 is 0 Å². The van der Waals surface area contributed by atoms with Crippen LogP contribution in [0.4, 0.5) is 0 Å². The van der Waals surface area contributed by atoms with Crippen LogP contribution in [0.1, 0.15) is 18.4 Å². The molecule has 1 saturated heterocycles. The maximum Gasteiger partial charge on any atom is 0.277 e. The Labute approximate surface area is 148 Å². The van der Waals surface area contributed by atoms with Crippen LogP contribution in [0, 0.1) is 5.92 Å². The molecule has 0 aliphatic carbocycles. The Hall–Kier alpha value is -2.28. The summed E-state index contributed by atoms with van der Waals surface area (Å²) in [6.45, 7) is 2.42. The van der Waals surface area contributed by atoms with Crippen LogP contribution in [0.15, 0.2) is 18.2 Å². The van der Waals surface area contributed by atoms with Crippen molar-refractivity contribution in [1.29, 1.82) is 0 Å². The van der Waals surface area contributed by atoms with Crippen LogP contribution >= 0.6 is 0 Å². The number of nitrogens with zero attached hydrogens (tertiary/aromatic N) is 1. The molecule has 138 valence electrons. The zero-order chi connectivity index (χ0) is 18.4. The number of quaternary nitrogens is 1. The minimum Gasteiger partial charge on any atom is -0.493 e. The van der Waals surface area contributed by atoms with Gasteiger partial charge in [-0.15, -0.1) is 0 Å². The maximum atomic E-state index is 12.5. The first kappa shape index (κ1) is 19.1. The van der Waals surface area contributed by atoms with Crippen molar-refractivity contribution in [2.24, 2.45) is 11.7 Å². The fourth-order valence-corrected chi connectivity index (χ4v) is 3.24. The molecular weight excluding hydrogens is 322 g/mol. The molecule has 1 aromatic carbocycles. The standard InChI is InChI=1S/C18H27N3O4/c1-20(10-13-6-7-15(24-2)16(9-13)25-3)17(22)12-21-8-4-5-14(11-21)18(19)23/h6-7,9,14H,4-5,8,10-12H2,1-3H3,(H2,19,23)/p+1/t14-/m0/s1. The molecule has 1 fully saturated rings. The monoisotopic (exact) mass is 350 g/mol. The first-order valence-corrected chi connectivity index (χ1v) is 8.52. The number of carbonyl (C=O) groups is 2. The van der Waals surface area contributed by atoms with Crippen LogP contribution in [0.2, 0.25) is 0 Å². The summed E-state index contributed by atoms with van der Waals surface area (Å²) in [5, 5.41) is 0. The van der Waals surface area contributed by atoms with E-state index in [1.165, 1.54) is 0 Å². The molecule has 0 bridgehead atoms. The average Bonchev–Trinajstić information content (AvgIpc) is 2.61. The molecule has 7 heteroatoms. The number of carbonyl (C=O) groups excluding carboxylic acids is 2. The van der Waals surface area contributed by atoms with Crippen molar-refractivity contribution >= 4 is 11.8 Å². The van der Waals surface area contributed by atoms with Crippen LogP contribution in [0.25, 0.3) is 0 Å². The molecule has 2 rings (SSSR count). The lowest BCUT2D eigenvalue weighted by Gasteiger charge is -2.29. The van der Waals surface area contributed by atoms with E-state index in [4.69, 9.17) is 15.2 Å². The van der Waals surface area contributed by atoms with Gasteiger partial charge in [-0.05, 0) is 30.5 Å². The summed E-state index contributed by atoms with van der Waals surface area (Å²) in [5.41, 5.74) is 6.37. The smallest absolute Gasteiger partial charge is 0.277 e. The molecule has 25 heavy (non-hydrogen) atoms. The molecule has 0 aromatic heterocycles. The lowest BCUT2D eigenvalue weighted by Crippen LogP contribution is -3.14. The Balaban J connectivity index is 1.93. The second kappa shape index (κ2) is 8.71. The number of likely N-dealkylation sites (tertiary alicyclic amines) is 1. The van der Waals surface area contributed by atoms with E-state index in [9.17, 15) is 9.59 Å². The number of rotatable bonds is 7. The number of nitrogens with two attached hydrogens (primary N) is 1. The van der Waals surface area contributed by atoms with Crippen LogP contribution in [0.3, 0.4) is 0 Å². The third-order valence-electron chi connectivity index (χ3n) is 4.72. The number of hydrogen-bond donors (Lipinski definition) is 2. The number of primary amides is 1. The molecule has 1 aliphatic heterocycles. The van der Waals surface area contributed by atoms with E-state index in [0.717, 1.165) is 29.8 Å². The largest absolute Gasteiger partial charge is 0.493 e. The molecule has 0 radical (unpaired) electrons. The first-order valence-electron chi connectivity index (χ1n) is 8.52. The summed E-state index contributed by atoms with van der Waals surface area (Å²) in [5.74, 6) is 0.980. The van der Waals surface area contributed by atoms with E-state index >= 15 is 0 Å².